The lowest BCUT2D eigenvalue weighted by Crippen LogP contribution is -2.11. The summed E-state index contributed by atoms with van der Waals surface area (Å²) in [7, 11) is 0. The molecule has 3 aromatic rings. The molecular weight excluding hydrogens is 370 g/mol. The van der Waals surface area contributed by atoms with Gasteiger partial charge in [-0.05, 0) is 84.7 Å². The van der Waals surface area contributed by atoms with Crippen molar-refractivity contribution in [2.45, 2.75) is 51.4 Å². The Morgan fingerprint density at radius 3 is 2.54 bits per heavy atom. The van der Waals surface area contributed by atoms with Gasteiger partial charge in [0.15, 0.2) is 11.6 Å². The van der Waals surface area contributed by atoms with E-state index in [1.54, 1.807) is 6.07 Å². The van der Waals surface area contributed by atoms with E-state index in [0.29, 0.717) is 11.8 Å². The molecule has 0 spiro atoms. The van der Waals surface area contributed by atoms with E-state index in [-0.39, 0.29) is 0 Å². The van der Waals surface area contributed by atoms with Gasteiger partial charge in [-0.2, -0.15) is 0 Å². The number of rotatable bonds is 5. The van der Waals surface area contributed by atoms with Crippen LogP contribution in [0, 0.1) is 17.6 Å². The molecule has 0 aliphatic heterocycles. The average Bonchev–Trinajstić information content (AvgIpc) is 3.11. The Hall–Kier alpha value is -2.00. The fourth-order valence-electron chi connectivity index (χ4n) is 4.23. The lowest BCUT2D eigenvalue weighted by Gasteiger charge is -2.27. The molecule has 0 radical (unpaired) electrons. The molecular formula is C25H26F2S. The summed E-state index contributed by atoms with van der Waals surface area (Å²) in [5, 5.41) is 1.38. The number of benzene rings is 2. The molecule has 1 aliphatic rings. The van der Waals surface area contributed by atoms with Gasteiger partial charge in [-0.25, -0.2) is 8.78 Å². The number of thiophene rings is 1. The van der Waals surface area contributed by atoms with E-state index in [9.17, 15) is 8.78 Å². The van der Waals surface area contributed by atoms with Crippen LogP contribution in [0.1, 0.15) is 60.9 Å². The van der Waals surface area contributed by atoms with Crippen molar-refractivity contribution < 1.29 is 8.78 Å². The van der Waals surface area contributed by atoms with Crippen molar-refractivity contribution in [1.29, 1.82) is 0 Å². The molecule has 1 heterocycles. The van der Waals surface area contributed by atoms with Crippen molar-refractivity contribution in [2.75, 3.05) is 0 Å². The molecule has 146 valence electrons. The highest BCUT2D eigenvalue weighted by atomic mass is 32.1. The first-order chi connectivity index (χ1) is 13.6. The number of allylic oxidation sites excluding steroid dienone is 1. The normalized spacial score (nSPS) is 20.2. The van der Waals surface area contributed by atoms with Crippen LogP contribution in [0.25, 0.3) is 16.2 Å². The van der Waals surface area contributed by atoms with Crippen LogP contribution in [0.2, 0.25) is 0 Å². The minimum atomic E-state index is -0.790. The standard InChI is InChI=1S/C25H26F2S/c1-2-3-22-15-21-12-11-20(16-25(21)28-22)19-9-6-17(7-10-19)4-5-18-8-13-23(26)24(27)14-18/h4-5,8,11-17,19H,2-3,6-7,9-10H2,1H3/b5-4+. The topological polar surface area (TPSA) is 0 Å². The van der Waals surface area contributed by atoms with Gasteiger partial charge in [0.25, 0.3) is 0 Å². The van der Waals surface area contributed by atoms with Crippen LogP contribution in [0.4, 0.5) is 8.78 Å². The molecule has 0 N–H and O–H groups in total. The zero-order valence-corrected chi connectivity index (χ0v) is 17.1. The Morgan fingerprint density at radius 2 is 1.79 bits per heavy atom. The first-order valence-corrected chi connectivity index (χ1v) is 11.1. The van der Waals surface area contributed by atoms with E-state index in [2.05, 4.69) is 37.3 Å². The SMILES string of the molecule is CCCc1cc2ccc(C3CCC(/C=C/c4ccc(F)c(F)c4)CC3)cc2s1. The van der Waals surface area contributed by atoms with Gasteiger partial charge in [-0.3, -0.25) is 0 Å². The molecule has 4 rings (SSSR count). The van der Waals surface area contributed by atoms with Gasteiger partial charge in [0.1, 0.15) is 0 Å². The van der Waals surface area contributed by atoms with Crippen LogP contribution in [0.3, 0.4) is 0 Å². The summed E-state index contributed by atoms with van der Waals surface area (Å²) in [6.07, 6.45) is 11.1. The summed E-state index contributed by atoms with van der Waals surface area (Å²) in [5.41, 5.74) is 2.20. The van der Waals surface area contributed by atoms with E-state index in [1.807, 2.05) is 17.4 Å². The van der Waals surface area contributed by atoms with Crippen LogP contribution in [-0.4, -0.2) is 0 Å². The molecule has 1 aliphatic carbocycles. The van der Waals surface area contributed by atoms with Gasteiger partial charge >= 0.3 is 0 Å². The second-order valence-electron chi connectivity index (χ2n) is 7.90. The predicted molar refractivity (Wildman–Crippen MR) is 116 cm³/mol. The molecule has 0 bridgehead atoms. The van der Waals surface area contributed by atoms with Gasteiger partial charge in [-0.1, -0.05) is 43.7 Å². The molecule has 3 heteroatoms. The molecule has 28 heavy (non-hydrogen) atoms. The first-order valence-electron chi connectivity index (χ1n) is 10.3. The summed E-state index contributed by atoms with van der Waals surface area (Å²) in [5.74, 6) is -0.417. The minimum absolute atomic E-state index is 0.519. The second-order valence-corrected chi connectivity index (χ2v) is 9.07. The monoisotopic (exact) mass is 396 g/mol. The first kappa shape index (κ1) is 19.3. The Kier molecular flexibility index (Phi) is 5.91. The molecule has 1 fully saturated rings. The van der Waals surface area contributed by atoms with Crippen molar-refractivity contribution >= 4 is 27.5 Å². The maximum Gasteiger partial charge on any atom is 0.159 e. The van der Waals surface area contributed by atoms with Crippen molar-refractivity contribution in [3.05, 3.63) is 76.2 Å². The van der Waals surface area contributed by atoms with Crippen LogP contribution in [0.5, 0.6) is 0 Å². The van der Waals surface area contributed by atoms with E-state index >= 15 is 0 Å². The number of hydrogen-bond acceptors (Lipinski definition) is 1. The number of aryl methyl sites for hydroxylation is 1. The molecule has 0 saturated heterocycles. The summed E-state index contributed by atoms with van der Waals surface area (Å²) >= 11 is 1.94. The summed E-state index contributed by atoms with van der Waals surface area (Å²) in [6, 6.07) is 13.4. The maximum absolute atomic E-state index is 13.3. The summed E-state index contributed by atoms with van der Waals surface area (Å²) in [4.78, 5) is 1.49. The van der Waals surface area contributed by atoms with E-state index < -0.39 is 11.6 Å². The lowest BCUT2D eigenvalue weighted by atomic mass is 9.78. The molecule has 2 aromatic carbocycles. The third-order valence-electron chi connectivity index (χ3n) is 5.84. The number of hydrogen-bond donors (Lipinski definition) is 0. The number of fused-ring (bicyclic) bond motifs is 1. The van der Waals surface area contributed by atoms with E-state index in [0.717, 1.165) is 18.4 Å². The quantitative estimate of drug-likeness (QED) is 0.408. The third kappa shape index (κ3) is 4.35. The molecule has 0 atom stereocenters. The van der Waals surface area contributed by atoms with E-state index in [1.165, 1.54) is 58.3 Å². The van der Waals surface area contributed by atoms with Gasteiger partial charge < -0.3 is 0 Å². The van der Waals surface area contributed by atoms with Gasteiger partial charge in [-0.15, -0.1) is 11.3 Å². The van der Waals surface area contributed by atoms with Crippen molar-refractivity contribution in [2.24, 2.45) is 5.92 Å². The summed E-state index contributed by atoms with van der Waals surface area (Å²) in [6.45, 7) is 2.23. The highest BCUT2D eigenvalue weighted by Gasteiger charge is 2.21. The predicted octanol–water partition coefficient (Wildman–Crippen LogP) is 8.12. The van der Waals surface area contributed by atoms with Crippen molar-refractivity contribution in [3.63, 3.8) is 0 Å². The zero-order chi connectivity index (χ0) is 19.5. The van der Waals surface area contributed by atoms with Crippen LogP contribution >= 0.6 is 11.3 Å². The molecule has 0 unspecified atom stereocenters. The average molecular weight is 397 g/mol. The van der Waals surface area contributed by atoms with Crippen molar-refractivity contribution in [1.82, 2.24) is 0 Å². The largest absolute Gasteiger partial charge is 0.204 e. The summed E-state index contributed by atoms with van der Waals surface area (Å²) < 4.78 is 27.8. The van der Waals surface area contributed by atoms with Crippen molar-refractivity contribution in [3.8, 4) is 0 Å². The molecule has 0 amide bonds. The minimum Gasteiger partial charge on any atom is -0.204 e. The highest BCUT2D eigenvalue weighted by molar-refractivity contribution is 7.19. The molecule has 1 saturated carbocycles. The number of halogens is 2. The fourth-order valence-corrected chi connectivity index (χ4v) is 5.45. The van der Waals surface area contributed by atoms with Crippen LogP contribution in [0.15, 0.2) is 48.5 Å². The molecule has 1 aromatic heterocycles. The van der Waals surface area contributed by atoms with E-state index in [4.69, 9.17) is 0 Å². The third-order valence-corrected chi connectivity index (χ3v) is 7.00. The smallest absolute Gasteiger partial charge is 0.159 e. The highest BCUT2D eigenvalue weighted by Crippen LogP contribution is 2.38. The van der Waals surface area contributed by atoms with Crippen LogP contribution < -0.4 is 0 Å². The Balaban J connectivity index is 1.38. The van der Waals surface area contributed by atoms with Gasteiger partial charge in [0, 0.05) is 9.58 Å². The van der Waals surface area contributed by atoms with Gasteiger partial charge in [0.2, 0.25) is 0 Å². The second kappa shape index (κ2) is 8.57. The lowest BCUT2D eigenvalue weighted by molar-refractivity contribution is 0.377. The Labute approximate surface area is 169 Å². The zero-order valence-electron chi connectivity index (χ0n) is 16.3. The maximum atomic E-state index is 13.3. The Bertz CT molecular complexity index is 977. The fraction of sp³-hybridized carbons (Fsp3) is 0.360. The van der Waals surface area contributed by atoms with Crippen LogP contribution in [-0.2, 0) is 6.42 Å². The molecule has 0 nitrogen and oxygen atoms in total. The van der Waals surface area contributed by atoms with Gasteiger partial charge in [0.05, 0.1) is 0 Å². The Morgan fingerprint density at radius 1 is 0.964 bits per heavy atom.